The minimum absolute atomic E-state index is 0.0262. The van der Waals surface area contributed by atoms with E-state index in [1.165, 1.54) is 12.5 Å². The summed E-state index contributed by atoms with van der Waals surface area (Å²) in [7, 11) is 1.71. The van der Waals surface area contributed by atoms with Gasteiger partial charge in [0.05, 0.1) is 11.7 Å². The zero-order valence-corrected chi connectivity index (χ0v) is 14.4. The van der Waals surface area contributed by atoms with Crippen LogP contribution in [0, 0.1) is 5.41 Å². The van der Waals surface area contributed by atoms with Crippen LogP contribution in [0.4, 0.5) is 0 Å². The largest absolute Gasteiger partial charge is 0.457 e. The maximum Gasteiger partial charge on any atom is 0.355 e. The first-order valence-electron chi connectivity index (χ1n) is 8.76. The van der Waals surface area contributed by atoms with Crippen LogP contribution >= 0.6 is 0 Å². The number of aryl methyl sites for hydroxylation is 1. The third-order valence-electron chi connectivity index (χ3n) is 5.61. The SMILES string of the molecule is CCO[C@H]1C[C@@H](OC(=O)c2cc(C(N)=O)cn2C)C12CCCCC2. The van der Waals surface area contributed by atoms with Crippen LogP contribution in [0.3, 0.4) is 0 Å². The minimum Gasteiger partial charge on any atom is -0.457 e. The molecule has 0 aromatic carbocycles. The van der Waals surface area contributed by atoms with E-state index in [4.69, 9.17) is 15.2 Å². The van der Waals surface area contributed by atoms with E-state index in [0.717, 1.165) is 32.1 Å². The fraction of sp³-hybridized carbons (Fsp3) is 0.667. The van der Waals surface area contributed by atoms with E-state index in [0.29, 0.717) is 17.9 Å². The van der Waals surface area contributed by atoms with Crippen LogP contribution in [0.5, 0.6) is 0 Å². The first-order valence-corrected chi connectivity index (χ1v) is 8.76. The van der Waals surface area contributed by atoms with Crippen LogP contribution in [-0.2, 0) is 16.5 Å². The molecule has 2 saturated carbocycles. The predicted octanol–water partition coefficient (Wildman–Crippen LogP) is 2.41. The van der Waals surface area contributed by atoms with Gasteiger partial charge in [-0.25, -0.2) is 4.79 Å². The van der Waals surface area contributed by atoms with Gasteiger partial charge < -0.3 is 19.8 Å². The molecule has 2 aliphatic rings. The van der Waals surface area contributed by atoms with Gasteiger partial charge in [0.15, 0.2) is 0 Å². The predicted molar refractivity (Wildman–Crippen MR) is 88.7 cm³/mol. The molecule has 3 rings (SSSR count). The molecule has 0 bridgehead atoms. The Morgan fingerprint density at radius 1 is 1.29 bits per heavy atom. The van der Waals surface area contributed by atoms with Gasteiger partial charge in [-0.15, -0.1) is 0 Å². The highest BCUT2D eigenvalue weighted by molar-refractivity contribution is 5.96. The number of amides is 1. The second-order valence-corrected chi connectivity index (χ2v) is 6.96. The Morgan fingerprint density at radius 2 is 2.00 bits per heavy atom. The lowest BCUT2D eigenvalue weighted by molar-refractivity contribution is -0.205. The molecule has 0 radical (unpaired) electrons. The normalized spacial score (nSPS) is 25.2. The molecule has 24 heavy (non-hydrogen) atoms. The highest BCUT2D eigenvalue weighted by Crippen LogP contribution is 2.54. The number of hydrogen-bond donors (Lipinski definition) is 1. The van der Waals surface area contributed by atoms with Gasteiger partial charge in [0.25, 0.3) is 0 Å². The fourth-order valence-electron chi connectivity index (χ4n) is 4.26. The van der Waals surface area contributed by atoms with Crippen molar-refractivity contribution in [2.75, 3.05) is 6.61 Å². The van der Waals surface area contributed by atoms with E-state index >= 15 is 0 Å². The third kappa shape index (κ3) is 2.83. The molecule has 6 nitrogen and oxygen atoms in total. The highest BCUT2D eigenvalue weighted by atomic mass is 16.6. The van der Waals surface area contributed by atoms with Gasteiger partial charge in [0, 0.05) is 31.7 Å². The second-order valence-electron chi connectivity index (χ2n) is 6.96. The number of aromatic nitrogens is 1. The van der Waals surface area contributed by atoms with E-state index in [-0.39, 0.29) is 17.6 Å². The zero-order valence-electron chi connectivity index (χ0n) is 14.4. The molecular weight excluding hydrogens is 308 g/mol. The number of nitrogens with zero attached hydrogens (tertiary/aromatic N) is 1. The van der Waals surface area contributed by atoms with Crippen LogP contribution in [-0.4, -0.2) is 35.3 Å². The Morgan fingerprint density at radius 3 is 2.58 bits per heavy atom. The summed E-state index contributed by atoms with van der Waals surface area (Å²) in [5, 5.41) is 0. The summed E-state index contributed by atoms with van der Waals surface area (Å²) in [6.45, 7) is 2.69. The summed E-state index contributed by atoms with van der Waals surface area (Å²) >= 11 is 0. The quantitative estimate of drug-likeness (QED) is 0.838. The molecule has 0 unspecified atom stereocenters. The van der Waals surface area contributed by atoms with Crippen LogP contribution in [0.2, 0.25) is 0 Å². The molecule has 1 spiro atoms. The summed E-state index contributed by atoms with van der Waals surface area (Å²) in [5.74, 6) is -0.941. The number of hydrogen-bond acceptors (Lipinski definition) is 4. The molecule has 0 saturated heterocycles. The van der Waals surface area contributed by atoms with Gasteiger partial charge in [0.2, 0.25) is 5.91 Å². The van der Waals surface area contributed by atoms with Crippen LogP contribution in [0.25, 0.3) is 0 Å². The summed E-state index contributed by atoms with van der Waals surface area (Å²) in [6.07, 6.45) is 8.06. The van der Waals surface area contributed by atoms with Crippen molar-refractivity contribution in [1.29, 1.82) is 0 Å². The monoisotopic (exact) mass is 334 g/mol. The Balaban J connectivity index is 1.73. The summed E-state index contributed by atoms with van der Waals surface area (Å²) in [4.78, 5) is 23.8. The summed E-state index contributed by atoms with van der Waals surface area (Å²) in [5.41, 5.74) is 5.92. The smallest absolute Gasteiger partial charge is 0.355 e. The Kier molecular flexibility index (Phi) is 4.67. The van der Waals surface area contributed by atoms with Crippen LogP contribution in [0.15, 0.2) is 12.3 Å². The van der Waals surface area contributed by atoms with Gasteiger partial charge in [-0.2, -0.15) is 0 Å². The molecule has 1 heterocycles. The van der Waals surface area contributed by atoms with E-state index in [9.17, 15) is 9.59 Å². The average Bonchev–Trinajstić information content (AvgIpc) is 2.97. The van der Waals surface area contributed by atoms with Crippen molar-refractivity contribution in [3.63, 3.8) is 0 Å². The van der Waals surface area contributed by atoms with Crippen molar-refractivity contribution in [3.8, 4) is 0 Å². The van der Waals surface area contributed by atoms with Gasteiger partial charge in [0.1, 0.15) is 11.8 Å². The van der Waals surface area contributed by atoms with Crippen LogP contribution in [0.1, 0.15) is 66.3 Å². The Bertz CT molecular complexity index is 631. The van der Waals surface area contributed by atoms with Crippen molar-refractivity contribution < 1.29 is 19.1 Å². The molecule has 132 valence electrons. The lowest BCUT2D eigenvalue weighted by Gasteiger charge is -2.56. The number of esters is 1. The standard InChI is InChI=1S/C18H26N2O4/c1-3-23-14-10-15(18(14)7-5-4-6-8-18)24-17(22)13-9-12(16(19)21)11-20(13)2/h9,11,14-15H,3-8,10H2,1-2H3,(H2,19,21)/t14-,15+/m0/s1. The van der Waals surface area contributed by atoms with Gasteiger partial charge >= 0.3 is 5.97 Å². The van der Waals surface area contributed by atoms with Gasteiger partial charge in [-0.1, -0.05) is 19.3 Å². The molecule has 1 aromatic heterocycles. The van der Waals surface area contributed by atoms with E-state index in [1.807, 2.05) is 6.92 Å². The maximum absolute atomic E-state index is 12.6. The molecule has 2 fully saturated rings. The average molecular weight is 334 g/mol. The zero-order chi connectivity index (χ0) is 17.3. The molecule has 0 aliphatic heterocycles. The summed E-state index contributed by atoms with van der Waals surface area (Å²) in [6, 6.07) is 1.50. The first-order chi connectivity index (χ1) is 11.5. The van der Waals surface area contributed by atoms with E-state index in [1.54, 1.807) is 17.8 Å². The maximum atomic E-state index is 12.6. The first kappa shape index (κ1) is 17.0. The number of carbonyl (C=O) groups is 2. The molecule has 1 amide bonds. The molecular formula is C18H26N2O4. The molecule has 2 aliphatic carbocycles. The Labute approximate surface area is 142 Å². The van der Waals surface area contributed by atoms with Crippen molar-refractivity contribution in [3.05, 3.63) is 23.5 Å². The minimum atomic E-state index is -0.548. The lowest BCUT2D eigenvalue weighted by Crippen LogP contribution is -2.60. The number of carbonyl (C=O) groups excluding carboxylic acids is 2. The highest BCUT2D eigenvalue weighted by Gasteiger charge is 2.57. The molecule has 6 heteroatoms. The van der Waals surface area contributed by atoms with Crippen molar-refractivity contribution in [1.82, 2.24) is 4.57 Å². The van der Waals surface area contributed by atoms with Crippen molar-refractivity contribution >= 4 is 11.9 Å². The molecule has 2 atom stereocenters. The molecule has 1 aromatic rings. The lowest BCUT2D eigenvalue weighted by atomic mass is 9.56. The number of ether oxygens (including phenoxy) is 2. The van der Waals surface area contributed by atoms with Crippen molar-refractivity contribution in [2.45, 2.75) is 57.7 Å². The fourth-order valence-corrected chi connectivity index (χ4v) is 4.26. The van der Waals surface area contributed by atoms with Crippen molar-refractivity contribution in [2.24, 2.45) is 18.2 Å². The topological polar surface area (TPSA) is 83.6 Å². The molecule has 2 N–H and O–H groups in total. The van der Waals surface area contributed by atoms with E-state index < -0.39 is 11.9 Å². The second kappa shape index (κ2) is 6.59. The number of rotatable bonds is 5. The number of primary amides is 1. The third-order valence-corrected chi connectivity index (χ3v) is 5.61. The van der Waals surface area contributed by atoms with Gasteiger partial charge in [-0.05, 0) is 25.8 Å². The van der Waals surface area contributed by atoms with Crippen LogP contribution < -0.4 is 5.73 Å². The summed E-state index contributed by atoms with van der Waals surface area (Å²) < 4.78 is 13.3. The number of nitrogens with two attached hydrogens (primary N) is 1. The van der Waals surface area contributed by atoms with E-state index in [2.05, 4.69) is 0 Å². The van der Waals surface area contributed by atoms with Gasteiger partial charge in [-0.3, -0.25) is 4.79 Å². The Hall–Kier alpha value is -1.82.